The second-order valence-corrected chi connectivity index (χ2v) is 4.19. The van der Waals surface area contributed by atoms with Crippen LogP contribution in [0.4, 0.5) is 0 Å². The van der Waals surface area contributed by atoms with Crippen molar-refractivity contribution in [1.82, 2.24) is 15.1 Å². The lowest BCUT2D eigenvalue weighted by Crippen LogP contribution is -2.48. The molecule has 0 aromatic rings. The first-order valence-corrected chi connectivity index (χ1v) is 6.09. The number of aliphatic hydroxyl groups excluding tert-OH is 1. The molecule has 4 nitrogen and oxygen atoms in total. The maximum absolute atomic E-state index is 9.93. The molecule has 0 aromatic heterocycles. The molecule has 0 bridgehead atoms. The van der Waals surface area contributed by atoms with E-state index in [9.17, 15) is 5.11 Å². The first-order chi connectivity index (χ1) is 7.26. The lowest BCUT2D eigenvalue weighted by molar-refractivity contribution is 0.0726. The first-order valence-electron chi connectivity index (χ1n) is 6.09. The minimum Gasteiger partial charge on any atom is -0.390 e. The summed E-state index contributed by atoms with van der Waals surface area (Å²) in [6, 6.07) is 0. The molecule has 1 rings (SSSR count). The monoisotopic (exact) mass is 215 g/mol. The molecule has 0 aromatic carbocycles. The van der Waals surface area contributed by atoms with E-state index in [0.717, 1.165) is 52.4 Å². The third-order valence-corrected chi connectivity index (χ3v) is 3.04. The molecular weight excluding hydrogens is 190 g/mol. The number of piperazine rings is 1. The molecule has 2 N–H and O–H groups in total. The van der Waals surface area contributed by atoms with E-state index in [4.69, 9.17) is 0 Å². The highest BCUT2D eigenvalue weighted by atomic mass is 16.3. The zero-order valence-electron chi connectivity index (χ0n) is 10.1. The number of hydrogen-bond acceptors (Lipinski definition) is 4. The van der Waals surface area contributed by atoms with Crippen molar-refractivity contribution in [3.05, 3.63) is 0 Å². The van der Waals surface area contributed by atoms with Crippen LogP contribution in [0.5, 0.6) is 0 Å². The average Bonchev–Trinajstić information content (AvgIpc) is 2.27. The Bertz CT molecular complexity index is 156. The number of nitrogens with one attached hydrogen (secondary N) is 1. The maximum Gasteiger partial charge on any atom is 0.0793 e. The molecule has 1 saturated heterocycles. The molecule has 0 unspecified atom stereocenters. The van der Waals surface area contributed by atoms with Gasteiger partial charge in [-0.15, -0.1) is 0 Å². The lowest BCUT2D eigenvalue weighted by Gasteiger charge is -2.30. The van der Waals surface area contributed by atoms with Crippen molar-refractivity contribution in [2.24, 2.45) is 0 Å². The molecule has 0 amide bonds. The van der Waals surface area contributed by atoms with Crippen LogP contribution in [0.1, 0.15) is 13.8 Å². The molecule has 0 radical (unpaired) electrons. The first kappa shape index (κ1) is 12.9. The van der Waals surface area contributed by atoms with Crippen LogP contribution in [0.3, 0.4) is 0 Å². The van der Waals surface area contributed by atoms with Crippen molar-refractivity contribution < 1.29 is 5.11 Å². The molecule has 0 aliphatic carbocycles. The van der Waals surface area contributed by atoms with Crippen molar-refractivity contribution in [2.45, 2.75) is 20.0 Å². The summed E-state index contributed by atoms with van der Waals surface area (Å²) in [6.07, 6.45) is -0.206. The van der Waals surface area contributed by atoms with Crippen LogP contribution in [0.2, 0.25) is 0 Å². The van der Waals surface area contributed by atoms with E-state index in [1.165, 1.54) is 0 Å². The van der Waals surface area contributed by atoms with Gasteiger partial charge < -0.3 is 15.3 Å². The van der Waals surface area contributed by atoms with Crippen LogP contribution in [0.15, 0.2) is 0 Å². The predicted molar refractivity (Wildman–Crippen MR) is 63.1 cm³/mol. The van der Waals surface area contributed by atoms with Crippen LogP contribution in [0, 0.1) is 0 Å². The number of aliphatic hydroxyl groups is 1. The van der Waals surface area contributed by atoms with Crippen molar-refractivity contribution in [3.63, 3.8) is 0 Å². The minimum atomic E-state index is -0.206. The summed E-state index contributed by atoms with van der Waals surface area (Å²) in [5.41, 5.74) is 0. The summed E-state index contributed by atoms with van der Waals surface area (Å²) in [4.78, 5) is 4.61. The summed E-state index contributed by atoms with van der Waals surface area (Å²) < 4.78 is 0. The Balaban J connectivity index is 2.18. The Morgan fingerprint density at radius 1 is 1.27 bits per heavy atom. The molecule has 1 fully saturated rings. The van der Waals surface area contributed by atoms with Gasteiger partial charge in [0.05, 0.1) is 6.10 Å². The third-order valence-electron chi connectivity index (χ3n) is 3.04. The Morgan fingerprint density at radius 2 is 1.87 bits per heavy atom. The van der Waals surface area contributed by atoms with Crippen molar-refractivity contribution >= 4 is 0 Å². The van der Waals surface area contributed by atoms with E-state index in [1.54, 1.807) is 0 Å². The third kappa shape index (κ3) is 4.93. The van der Waals surface area contributed by atoms with Crippen LogP contribution in [-0.2, 0) is 0 Å². The number of rotatable bonds is 6. The van der Waals surface area contributed by atoms with E-state index in [2.05, 4.69) is 29.0 Å². The molecule has 1 atom stereocenters. The summed E-state index contributed by atoms with van der Waals surface area (Å²) in [5, 5.41) is 13.2. The fraction of sp³-hybridized carbons (Fsp3) is 1.00. The summed E-state index contributed by atoms with van der Waals surface area (Å²) >= 11 is 0. The quantitative estimate of drug-likeness (QED) is 0.632. The van der Waals surface area contributed by atoms with Gasteiger partial charge in [-0.2, -0.15) is 0 Å². The normalized spacial score (nSPS) is 20.8. The molecule has 90 valence electrons. The zero-order chi connectivity index (χ0) is 11.1. The molecule has 4 heteroatoms. The zero-order valence-corrected chi connectivity index (χ0v) is 10.1. The fourth-order valence-corrected chi connectivity index (χ4v) is 2.03. The standard InChI is InChI=1S/C11H25N3O/c1-3-13(4-2)9-11(15)10-14-7-5-12-6-8-14/h11-12,15H,3-10H2,1-2H3/t11-/m1/s1. The highest BCUT2D eigenvalue weighted by Crippen LogP contribution is 1.98. The van der Waals surface area contributed by atoms with Crippen LogP contribution < -0.4 is 5.32 Å². The van der Waals surface area contributed by atoms with E-state index in [1.807, 2.05) is 0 Å². The lowest BCUT2D eigenvalue weighted by atomic mass is 10.2. The van der Waals surface area contributed by atoms with Gasteiger partial charge in [0.25, 0.3) is 0 Å². The van der Waals surface area contributed by atoms with E-state index < -0.39 is 0 Å². The molecule has 1 heterocycles. The van der Waals surface area contributed by atoms with Crippen LogP contribution >= 0.6 is 0 Å². The summed E-state index contributed by atoms with van der Waals surface area (Å²) in [5.74, 6) is 0. The Kier molecular flexibility index (Phi) is 6.17. The van der Waals surface area contributed by atoms with Gasteiger partial charge in [-0.05, 0) is 13.1 Å². The van der Waals surface area contributed by atoms with E-state index >= 15 is 0 Å². The van der Waals surface area contributed by atoms with Crippen LogP contribution in [-0.4, -0.2) is 73.4 Å². The van der Waals surface area contributed by atoms with Crippen molar-refractivity contribution in [1.29, 1.82) is 0 Å². The van der Waals surface area contributed by atoms with Crippen molar-refractivity contribution in [3.8, 4) is 0 Å². The number of nitrogens with zero attached hydrogens (tertiary/aromatic N) is 2. The molecule has 1 aliphatic heterocycles. The molecule has 15 heavy (non-hydrogen) atoms. The Labute approximate surface area is 93.2 Å². The van der Waals surface area contributed by atoms with Gasteiger partial charge in [-0.3, -0.25) is 4.90 Å². The number of hydrogen-bond donors (Lipinski definition) is 2. The summed E-state index contributed by atoms with van der Waals surface area (Å²) in [7, 11) is 0. The summed E-state index contributed by atoms with van der Waals surface area (Å²) in [6.45, 7) is 12.2. The Hall–Kier alpha value is -0.160. The highest BCUT2D eigenvalue weighted by molar-refractivity contribution is 4.72. The largest absolute Gasteiger partial charge is 0.390 e. The SMILES string of the molecule is CCN(CC)C[C@@H](O)CN1CCNCC1. The highest BCUT2D eigenvalue weighted by Gasteiger charge is 2.15. The van der Waals surface area contributed by atoms with Gasteiger partial charge in [0.2, 0.25) is 0 Å². The second-order valence-electron chi connectivity index (χ2n) is 4.19. The maximum atomic E-state index is 9.93. The van der Waals surface area contributed by atoms with Gasteiger partial charge in [-0.1, -0.05) is 13.8 Å². The van der Waals surface area contributed by atoms with Gasteiger partial charge in [-0.25, -0.2) is 0 Å². The fourth-order valence-electron chi connectivity index (χ4n) is 2.03. The topological polar surface area (TPSA) is 38.7 Å². The smallest absolute Gasteiger partial charge is 0.0793 e. The Morgan fingerprint density at radius 3 is 2.40 bits per heavy atom. The predicted octanol–water partition coefficient (Wildman–Crippen LogP) is -0.406. The second kappa shape index (κ2) is 7.17. The molecule has 1 aliphatic rings. The molecular formula is C11H25N3O. The molecule has 0 saturated carbocycles. The van der Waals surface area contributed by atoms with Gasteiger partial charge >= 0.3 is 0 Å². The van der Waals surface area contributed by atoms with Crippen LogP contribution in [0.25, 0.3) is 0 Å². The van der Waals surface area contributed by atoms with E-state index in [-0.39, 0.29) is 6.10 Å². The number of likely N-dealkylation sites (N-methyl/N-ethyl adjacent to an activating group) is 1. The number of β-amino-alcohol motifs (C(OH)–C–C–N with tert-alkyl or cyclic N) is 1. The van der Waals surface area contributed by atoms with Gasteiger partial charge in [0.1, 0.15) is 0 Å². The van der Waals surface area contributed by atoms with Gasteiger partial charge in [0.15, 0.2) is 0 Å². The van der Waals surface area contributed by atoms with E-state index in [0.29, 0.717) is 0 Å². The minimum absolute atomic E-state index is 0.206. The van der Waals surface area contributed by atoms with Crippen molar-refractivity contribution in [2.75, 3.05) is 52.4 Å². The average molecular weight is 215 g/mol. The van der Waals surface area contributed by atoms with Gasteiger partial charge in [0, 0.05) is 39.3 Å². The molecule has 0 spiro atoms.